The number of fused-ring (bicyclic) bond motifs is 7. The topological polar surface area (TPSA) is 12.5 Å². The first-order valence-corrected chi connectivity index (χ1v) is 17.9. The zero-order valence-electron chi connectivity index (χ0n) is 28.8. The fourth-order valence-corrected chi connectivity index (χ4v) is 8.66. The number of anilines is 3. The van der Waals surface area contributed by atoms with Crippen LogP contribution in [0.4, 0.5) is 17.1 Å². The third-order valence-corrected chi connectivity index (χ3v) is 11.2. The fraction of sp³-hybridized carbons (Fsp3) is 0.102. The van der Waals surface area contributed by atoms with Crippen LogP contribution in [0.1, 0.15) is 36.5 Å². The second-order valence-electron chi connectivity index (χ2n) is 14.5. The quantitative estimate of drug-likeness (QED) is 0.183. The van der Waals surface area contributed by atoms with Crippen LogP contribution < -0.4 is 9.64 Å². The maximum atomic E-state index is 6.60. The fourth-order valence-electron chi connectivity index (χ4n) is 8.66. The lowest BCUT2D eigenvalue weighted by Gasteiger charge is -2.31. The van der Waals surface area contributed by atoms with E-state index in [2.05, 4.69) is 195 Å². The van der Waals surface area contributed by atoms with Crippen molar-refractivity contribution in [1.82, 2.24) is 0 Å². The average molecular weight is 656 g/mol. The summed E-state index contributed by atoms with van der Waals surface area (Å²) < 4.78 is 6.60. The summed E-state index contributed by atoms with van der Waals surface area (Å²) in [6, 6.07) is 55.8. The molecule has 3 aliphatic rings. The first-order chi connectivity index (χ1) is 25.0. The van der Waals surface area contributed by atoms with Gasteiger partial charge in [-0.25, -0.2) is 0 Å². The lowest BCUT2D eigenvalue weighted by molar-refractivity contribution is 0.269. The van der Waals surface area contributed by atoms with E-state index in [4.69, 9.17) is 4.74 Å². The number of ether oxygens (including phenoxy) is 1. The summed E-state index contributed by atoms with van der Waals surface area (Å²) in [5.41, 5.74) is 14.6. The van der Waals surface area contributed by atoms with Gasteiger partial charge in [-0.2, -0.15) is 0 Å². The summed E-state index contributed by atoms with van der Waals surface area (Å²) in [6.07, 6.45) is 8.69. The maximum Gasteiger partial charge on any atom is 0.128 e. The molecule has 7 aromatic rings. The Hall–Kier alpha value is -6.12. The van der Waals surface area contributed by atoms with Crippen molar-refractivity contribution < 1.29 is 4.74 Å². The van der Waals surface area contributed by atoms with Crippen molar-refractivity contribution in [3.63, 3.8) is 0 Å². The van der Waals surface area contributed by atoms with Crippen molar-refractivity contribution in [3.05, 3.63) is 193 Å². The third kappa shape index (κ3) is 4.71. The molecule has 0 fully saturated rings. The number of allylic oxidation sites excluding steroid dienone is 2. The predicted molar refractivity (Wildman–Crippen MR) is 213 cm³/mol. The lowest BCUT2D eigenvalue weighted by Crippen LogP contribution is -2.17. The Morgan fingerprint density at radius 3 is 2.18 bits per heavy atom. The summed E-state index contributed by atoms with van der Waals surface area (Å²) in [7, 11) is 0. The van der Waals surface area contributed by atoms with Crippen molar-refractivity contribution >= 4 is 27.8 Å². The molecule has 0 saturated carbocycles. The third-order valence-electron chi connectivity index (χ3n) is 11.2. The highest BCUT2D eigenvalue weighted by molar-refractivity contribution is 5.99. The van der Waals surface area contributed by atoms with Crippen molar-refractivity contribution in [2.75, 3.05) is 4.90 Å². The first kappa shape index (κ1) is 29.8. The summed E-state index contributed by atoms with van der Waals surface area (Å²) in [5, 5.41) is 2.47. The zero-order chi connectivity index (χ0) is 34.1. The minimum Gasteiger partial charge on any atom is -0.485 e. The number of nitrogens with zero attached hydrogens (tertiary/aromatic N) is 1. The minimum atomic E-state index is -0.114. The lowest BCUT2D eigenvalue weighted by atomic mass is 9.82. The Morgan fingerprint density at radius 1 is 0.529 bits per heavy atom. The number of para-hydroxylation sites is 1. The van der Waals surface area contributed by atoms with E-state index in [0.717, 1.165) is 28.4 Å². The van der Waals surface area contributed by atoms with Crippen LogP contribution in [0.15, 0.2) is 176 Å². The van der Waals surface area contributed by atoms with E-state index < -0.39 is 0 Å². The first-order valence-electron chi connectivity index (χ1n) is 17.9. The Morgan fingerprint density at radius 2 is 1.27 bits per heavy atom. The molecule has 1 aliphatic heterocycles. The Kier molecular flexibility index (Phi) is 6.69. The molecule has 0 spiro atoms. The normalized spacial score (nSPS) is 17.4. The molecule has 2 heteroatoms. The van der Waals surface area contributed by atoms with Crippen LogP contribution >= 0.6 is 0 Å². The van der Waals surface area contributed by atoms with Crippen molar-refractivity contribution in [1.29, 1.82) is 0 Å². The molecule has 2 nitrogen and oxygen atoms in total. The molecule has 0 radical (unpaired) electrons. The van der Waals surface area contributed by atoms with Gasteiger partial charge in [-0.15, -0.1) is 0 Å². The van der Waals surface area contributed by atoms with Gasteiger partial charge in [-0.3, -0.25) is 0 Å². The van der Waals surface area contributed by atoms with Gasteiger partial charge < -0.3 is 9.64 Å². The minimum absolute atomic E-state index is 0.0372. The van der Waals surface area contributed by atoms with Crippen molar-refractivity contribution in [3.8, 4) is 39.1 Å². The van der Waals surface area contributed by atoms with Gasteiger partial charge in [0.2, 0.25) is 0 Å². The summed E-state index contributed by atoms with van der Waals surface area (Å²) >= 11 is 0. The predicted octanol–water partition coefficient (Wildman–Crippen LogP) is 12.9. The standard InChI is InChI=1S/C49H37NO/c1-49(2)43-20-10-8-17-39(43)40-28-26-37(31-44(40)49)50(36-15-4-3-5-16-36)45-21-12-19-38(34-24-23-32-13-6-7-14-33(32)29-34)48(45)35-25-27-42-41-18-9-11-22-46(41)51-47(42)30-35/h3-31,41,46H,1-2H3. The molecule has 0 bridgehead atoms. The monoisotopic (exact) mass is 655 g/mol. The van der Waals surface area contributed by atoms with Crippen LogP contribution in [0.3, 0.4) is 0 Å². The van der Waals surface area contributed by atoms with Gasteiger partial charge >= 0.3 is 0 Å². The van der Waals surface area contributed by atoms with Gasteiger partial charge in [0.25, 0.3) is 0 Å². The molecular formula is C49H37NO. The summed E-state index contributed by atoms with van der Waals surface area (Å²) in [5.74, 6) is 1.20. The van der Waals surface area contributed by atoms with E-state index >= 15 is 0 Å². The molecule has 0 saturated heterocycles. The average Bonchev–Trinajstić information content (AvgIpc) is 3.66. The molecular weight excluding hydrogens is 619 g/mol. The summed E-state index contributed by atoms with van der Waals surface area (Å²) in [6.45, 7) is 4.71. The highest BCUT2D eigenvalue weighted by Gasteiger charge is 2.36. The molecule has 51 heavy (non-hydrogen) atoms. The van der Waals surface area contributed by atoms with Gasteiger partial charge in [0.1, 0.15) is 11.9 Å². The van der Waals surface area contributed by atoms with Crippen LogP contribution in [0.5, 0.6) is 5.75 Å². The number of rotatable bonds is 5. The molecule has 10 rings (SSSR count). The molecule has 2 aliphatic carbocycles. The molecule has 0 amide bonds. The van der Waals surface area contributed by atoms with Crippen LogP contribution in [-0.2, 0) is 5.41 Å². The van der Waals surface area contributed by atoms with E-state index in [1.54, 1.807) is 0 Å². The van der Waals surface area contributed by atoms with Crippen molar-refractivity contribution in [2.24, 2.45) is 0 Å². The summed E-state index contributed by atoms with van der Waals surface area (Å²) in [4.78, 5) is 2.44. The van der Waals surface area contributed by atoms with Gasteiger partial charge in [0, 0.05) is 33.8 Å². The molecule has 244 valence electrons. The molecule has 0 N–H and O–H groups in total. The molecule has 7 aromatic carbocycles. The van der Waals surface area contributed by atoms with Crippen LogP contribution in [0.2, 0.25) is 0 Å². The highest BCUT2D eigenvalue weighted by Crippen LogP contribution is 2.53. The highest BCUT2D eigenvalue weighted by atomic mass is 16.5. The zero-order valence-corrected chi connectivity index (χ0v) is 28.8. The second kappa shape index (κ2) is 11.5. The number of benzene rings is 7. The van der Waals surface area contributed by atoms with Gasteiger partial charge in [0.15, 0.2) is 0 Å². The van der Waals surface area contributed by atoms with Crippen molar-refractivity contribution in [2.45, 2.75) is 31.3 Å². The van der Waals surface area contributed by atoms with E-state index in [1.807, 2.05) is 0 Å². The SMILES string of the molecule is CC1(C)c2ccccc2-c2ccc(N(c3ccccc3)c3cccc(-c4ccc5ccccc5c4)c3-c3ccc4c(c3)OC3C=CC=CC43)cc21. The molecule has 2 unspecified atom stereocenters. The van der Waals surface area contributed by atoms with Crippen LogP contribution in [0.25, 0.3) is 44.2 Å². The van der Waals surface area contributed by atoms with Gasteiger partial charge in [-0.1, -0.05) is 141 Å². The molecule has 1 heterocycles. The van der Waals surface area contributed by atoms with E-state index in [-0.39, 0.29) is 17.4 Å². The molecule has 0 aromatic heterocycles. The Balaban J connectivity index is 1.22. The van der Waals surface area contributed by atoms with E-state index in [9.17, 15) is 0 Å². The number of hydrogen-bond donors (Lipinski definition) is 0. The van der Waals surface area contributed by atoms with Crippen LogP contribution in [-0.4, -0.2) is 6.10 Å². The second-order valence-corrected chi connectivity index (χ2v) is 14.5. The smallest absolute Gasteiger partial charge is 0.128 e. The Bertz CT molecular complexity index is 2560. The Labute approximate surface area is 299 Å². The number of hydrogen-bond acceptors (Lipinski definition) is 2. The maximum absolute atomic E-state index is 6.60. The van der Waals surface area contributed by atoms with Crippen LogP contribution in [0, 0.1) is 0 Å². The van der Waals surface area contributed by atoms with E-state index in [1.165, 1.54) is 55.3 Å². The van der Waals surface area contributed by atoms with Gasteiger partial charge in [0.05, 0.1) is 5.69 Å². The van der Waals surface area contributed by atoms with Gasteiger partial charge in [-0.05, 0) is 98.3 Å². The van der Waals surface area contributed by atoms with E-state index in [0.29, 0.717) is 0 Å². The molecule has 2 atom stereocenters. The largest absolute Gasteiger partial charge is 0.485 e.